The summed E-state index contributed by atoms with van der Waals surface area (Å²) in [6.07, 6.45) is 0. The standard InChI is InChI=1S/C15H12F3NO2/c1-8-5-9(19)6-10(14(8)18)15(20)21-7-11-12(16)3-2-4-13(11)17/h2-6H,7,19H2,1H3. The van der Waals surface area contributed by atoms with Crippen LogP contribution in [0, 0.1) is 24.4 Å². The molecule has 6 heteroatoms. The van der Waals surface area contributed by atoms with E-state index in [0.29, 0.717) is 0 Å². The molecule has 3 nitrogen and oxygen atoms in total. The third-order valence-electron chi connectivity index (χ3n) is 2.91. The first-order valence-electron chi connectivity index (χ1n) is 6.05. The Labute approximate surface area is 119 Å². The van der Waals surface area contributed by atoms with Crippen molar-refractivity contribution < 1.29 is 22.7 Å². The van der Waals surface area contributed by atoms with Gasteiger partial charge in [0.05, 0.1) is 11.1 Å². The van der Waals surface area contributed by atoms with E-state index in [1.807, 2.05) is 0 Å². The molecule has 0 fully saturated rings. The number of halogens is 3. The average Bonchev–Trinajstić information content (AvgIpc) is 2.42. The van der Waals surface area contributed by atoms with E-state index < -0.39 is 35.6 Å². The molecule has 0 saturated heterocycles. The number of nitrogen functional groups attached to an aromatic ring is 1. The molecule has 2 aromatic rings. The van der Waals surface area contributed by atoms with E-state index in [2.05, 4.69) is 0 Å². The van der Waals surface area contributed by atoms with E-state index in [1.165, 1.54) is 19.1 Å². The normalized spacial score (nSPS) is 10.5. The van der Waals surface area contributed by atoms with Crippen LogP contribution in [0.5, 0.6) is 0 Å². The number of esters is 1. The minimum atomic E-state index is -1.04. The highest BCUT2D eigenvalue weighted by Gasteiger charge is 2.18. The van der Waals surface area contributed by atoms with Crippen molar-refractivity contribution in [3.05, 3.63) is 64.5 Å². The zero-order valence-electron chi connectivity index (χ0n) is 11.1. The minimum Gasteiger partial charge on any atom is -0.457 e. The summed E-state index contributed by atoms with van der Waals surface area (Å²) in [5.74, 6) is -3.49. The van der Waals surface area contributed by atoms with Gasteiger partial charge in [0.1, 0.15) is 24.1 Å². The van der Waals surface area contributed by atoms with E-state index in [9.17, 15) is 18.0 Å². The van der Waals surface area contributed by atoms with E-state index in [-0.39, 0.29) is 16.8 Å². The van der Waals surface area contributed by atoms with Crippen molar-refractivity contribution in [2.75, 3.05) is 5.73 Å². The van der Waals surface area contributed by atoms with E-state index >= 15 is 0 Å². The van der Waals surface area contributed by atoms with Gasteiger partial charge in [-0.05, 0) is 36.8 Å². The molecule has 2 aromatic carbocycles. The summed E-state index contributed by atoms with van der Waals surface area (Å²) in [6.45, 7) is 0.809. The zero-order valence-corrected chi connectivity index (χ0v) is 11.1. The van der Waals surface area contributed by atoms with Crippen LogP contribution < -0.4 is 5.73 Å². The van der Waals surface area contributed by atoms with Gasteiger partial charge >= 0.3 is 5.97 Å². The van der Waals surface area contributed by atoms with Gasteiger partial charge in [0.15, 0.2) is 0 Å². The summed E-state index contributed by atoms with van der Waals surface area (Å²) in [5.41, 5.74) is 5.13. The van der Waals surface area contributed by atoms with E-state index in [0.717, 1.165) is 18.2 Å². The largest absolute Gasteiger partial charge is 0.457 e. The maximum Gasteiger partial charge on any atom is 0.341 e. The Kier molecular flexibility index (Phi) is 4.16. The number of aryl methyl sites for hydroxylation is 1. The number of hydrogen-bond donors (Lipinski definition) is 1. The number of anilines is 1. The molecule has 110 valence electrons. The van der Waals surface area contributed by atoms with Crippen molar-refractivity contribution in [3.8, 4) is 0 Å². The predicted octanol–water partition coefficient (Wildman–Crippen LogP) is 3.35. The summed E-state index contributed by atoms with van der Waals surface area (Å²) >= 11 is 0. The van der Waals surface area contributed by atoms with Crippen LogP contribution in [0.25, 0.3) is 0 Å². The van der Waals surface area contributed by atoms with Gasteiger partial charge in [-0.1, -0.05) is 6.07 Å². The summed E-state index contributed by atoms with van der Waals surface area (Å²) < 4.78 is 45.3. The number of carbonyl (C=O) groups is 1. The Morgan fingerprint density at radius 3 is 2.43 bits per heavy atom. The number of hydrogen-bond acceptors (Lipinski definition) is 3. The molecule has 0 radical (unpaired) electrons. The Bertz CT molecular complexity index is 681. The number of carbonyl (C=O) groups excluding carboxylic acids is 1. The lowest BCUT2D eigenvalue weighted by Crippen LogP contribution is -2.11. The first-order chi connectivity index (χ1) is 9.90. The predicted molar refractivity (Wildman–Crippen MR) is 71.0 cm³/mol. The summed E-state index contributed by atoms with van der Waals surface area (Å²) in [6, 6.07) is 5.75. The highest BCUT2D eigenvalue weighted by atomic mass is 19.1. The van der Waals surface area contributed by atoms with Crippen molar-refractivity contribution in [2.45, 2.75) is 13.5 Å². The van der Waals surface area contributed by atoms with Crippen LogP contribution in [0.1, 0.15) is 21.5 Å². The van der Waals surface area contributed by atoms with E-state index in [1.54, 1.807) is 0 Å². The third-order valence-corrected chi connectivity index (χ3v) is 2.91. The molecular formula is C15H12F3NO2. The second kappa shape index (κ2) is 5.87. The van der Waals surface area contributed by atoms with Crippen molar-refractivity contribution in [1.82, 2.24) is 0 Å². The van der Waals surface area contributed by atoms with Crippen molar-refractivity contribution >= 4 is 11.7 Å². The second-order valence-corrected chi connectivity index (χ2v) is 4.48. The molecular weight excluding hydrogens is 283 g/mol. The molecule has 0 spiro atoms. The monoisotopic (exact) mass is 295 g/mol. The second-order valence-electron chi connectivity index (χ2n) is 4.48. The van der Waals surface area contributed by atoms with Crippen molar-refractivity contribution in [1.29, 1.82) is 0 Å². The molecule has 0 bridgehead atoms. The van der Waals surface area contributed by atoms with Gasteiger partial charge in [0.25, 0.3) is 0 Å². The Morgan fingerprint density at radius 2 is 1.81 bits per heavy atom. The van der Waals surface area contributed by atoms with Crippen LogP contribution in [-0.2, 0) is 11.3 Å². The average molecular weight is 295 g/mol. The molecule has 0 unspecified atom stereocenters. The molecule has 0 heterocycles. The van der Waals surface area contributed by atoms with Crippen LogP contribution in [-0.4, -0.2) is 5.97 Å². The number of benzene rings is 2. The highest BCUT2D eigenvalue weighted by Crippen LogP contribution is 2.19. The molecule has 0 saturated carbocycles. The fourth-order valence-electron chi connectivity index (χ4n) is 1.83. The minimum absolute atomic E-state index is 0.180. The van der Waals surface area contributed by atoms with Gasteiger partial charge in [0.2, 0.25) is 0 Å². The third kappa shape index (κ3) is 3.16. The maximum absolute atomic E-state index is 13.8. The highest BCUT2D eigenvalue weighted by molar-refractivity contribution is 5.91. The quantitative estimate of drug-likeness (QED) is 0.698. The SMILES string of the molecule is Cc1cc(N)cc(C(=O)OCc2c(F)cccc2F)c1F. The van der Waals surface area contributed by atoms with Crippen LogP contribution in [0.15, 0.2) is 30.3 Å². The van der Waals surface area contributed by atoms with Crippen LogP contribution in [0.4, 0.5) is 18.9 Å². The molecule has 0 aliphatic heterocycles. The topological polar surface area (TPSA) is 52.3 Å². The number of nitrogens with two attached hydrogens (primary N) is 1. The summed E-state index contributed by atoms with van der Waals surface area (Å²) in [7, 11) is 0. The Hall–Kier alpha value is -2.50. The lowest BCUT2D eigenvalue weighted by molar-refractivity contribution is 0.0459. The molecule has 0 atom stereocenters. The first kappa shape index (κ1) is 14.9. The van der Waals surface area contributed by atoms with Crippen LogP contribution in [0.3, 0.4) is 0 Å². The van der Waals surface area contributed by atoms with Gasteiger partial charge in [0, 0.05) is 5.69 Å². The van der Waals surface area contributed by atoms with Crippen LogP contribution in [0.2, 0.25) is 0 Å². The maximum atomic E-state index is 13.8. The van der Waals surface area contributed by atoms with Gasteiger partial charge in [-0.3, -0.25) is 0 Å². The van der Waals surface area contributed by atoms with Crippen molar-refractivity contribution in [3.63, 3.8) is 0 Å². The lowest BCUT2D eigenvalue weighted by atomic mass is 10.1. The molecule has 0 aromatic heterocycles. The Balaban J connectivity index is 2.20. The van der Waals surface area contributed by atoms with Gasteiger partial charge < -0.3 is 10.5 Å². The fraction of sp³-hybridized carbons (Fsp3) is 0.133. The number of ether oxygens (including phenoxy) is 1. The van der Waals surface area contributed by atoms with Gasteiger partial charge in [-0.2, -0.15) is 0 Å². The smallest absolute Gasteiger partial charge is 0.341 e. The number of rotatable bonds is 3. The summed E-state index contributed by atoms with van der Waals surface area (Å²) in [4.78, 5) is 11.8. The fourth-order valence-corrected chi connectivity index (χ4v) is 1.83. The molecule has 2 rings (SSSR count). The van der Waals surface area contributed by atoms with Gasteiger partial charge in [-0.15, -0.1) is 0 Å². The molecule has 0 amide bonds. The molecule has 21 heavy (non-hydrogen) atoms. The van der Waals surface area contributed by atoms with Gasteiger partial charge in [-0.25, -0.2) is 18.0 Å². The van der Waals surface area contributed by atoms with Crippen LogP contribution >= 0.6 is 0 Å². The lowest BCUT2D eigenvalue weighted by Gasteiger charge is -2.09. The summed E-state index contributed by atoms with van der Waals surface area (Å²) in [5, 5.41) is 0. The first-order valence-corrected chi connectivity index (χ1v) is 6.05. The zero-order chi connectivity index (χ0) is 15.6. The van der Waals surface area contributed by atoms with Crippen molar-refractivity contribution in [2.24, 2.45) is 0 Å². The molecule has 0 aliphatic carbocycles. The van der Waals surface area contributed by atoms with E-state index in [4.69, 9.17) is 10.5 Å². The molecule has 2 N–H and O–H groups in total. The Morgan fingerprint density at radius 1 is 1.19 bits per heavy atom. The molecule has 0 aliphatic rings.